The van der Waals surface area contributed by atoms with E-state index in [4.69, 9.17) is 0 Å². The van der Waals surface area contributed by atoms with E-state index in [1.165, 1.54) is 29.7 Å². The molecule has 0 radical (unpaired) electrons. The summed E-state index contributed by atoms with van der Waals surface area (Å²) in [6.07, 6.45) is 6.14. The average Bonchev–Trinajstić information content (AvgIpc) is 2.90. The van der Waals surface area contributed by atoms with Gasteiger partial charge in [-0.05, 0) is 53.2 Å². The molecule has 1 aliphatic rings. The van der Waals surface area contributed by atoms with E-state index in [-0.39, 0.29) is 5.78 Å². The van der Waals surface area contributed by atoms with Crippen LogP contribution in [0.2, 0.25) is 0 Å². The van der Waals surface area contributed by atoms with Crippen molar-refractivity contribution in [2.24, 2.45) is 0 Å². The molecule has 1 aliphatic carbocycles. The molecule has 3 rings (SSSR count). The van der Waals surface area contributed by atoms with Crippen LogP contribution < -0.4 is 0 Å². The van der Waals surface area contributed by atoms with Crippen LogP contribution in [0.1, 0.15) is 44.9 Å². The highest BCUT2D eigenvalue weighted by molar-refractivity contribution is 9.10. The van der Waals surface area contributed by atoms with E-state index in [2.05, 4.69) is 22.0 Å². The van der Waals surface area contributed by atoms with E-state index < -0.39 is 0 Å². The zero-order valence-corrected chi connectivity index (χ0v) is 13.1. The quantitative estimate of drug-likeness (QED) is 0.550. The van der Waals surface area contributed by atoms with E-state index in [1.807, 2.05) is 10.8 Å². The molecule has 0 N–H and O–H groups in total. The second kappa shape index (κ2) is 5.27. The largest absolute Gasteiger partial charge is 0.288 e. The number of carbonyl (C=O) groups is 1. The molecular weight excluding hydrogens is 328 g/mol. The summed E-state index contributed by atoms with van der Waals surface area (Å²) in [4.78, 5) is 14.8. The maximum atomic E-state index is 12.4. The smallest absolute Gasteiger partial charge is 0.204 e. The lowest BCUT2D eigenvalue weighted by Crippen LogP contribution is -1.97. The highest BCUT2D eigenvalue weighted by atomic mass is 79.9. The Bertz CT molecular complexity index is 559. The summed E-state index contributed by atoms with van der Waals surface area (Å²) < 4.78 is 0.918. The minimum absolute atomic E-state index is 0.168. The van der Waals surface area contributed by atoms with E-state index in [0.717, 1.165) is 27.8 Å². The third-order valence-electron chi connectivity index (χ3n) is 3.33. The zero-order valence-electron chi connectivity index (χ0n) is 9.87. The Balaban J connectivity index is 1.94. The summed E-state index contributed by atoms with van der Waals surface area (Å²) in [5.74, 6) is 0.168. The first-order chi connectivity index (χ1) is 8.75. The van der Waals surface area contributed by atoms with Gasteiger partial charge in [-0.25, -0.2) is 0 Å². The molecule has 18 heavy (non-hydrogen) atoms. The van der Waals surface area contributed by atoms with Crippen molar-refractivity contribution < 1.29 is 4.79 Å². The number of hydrogen-bond donors (Lipinski definition) is 0. The zero-order chi connectivity index (χ0) is 12.5. The van der Waals surface area contributed by atoms with Crippen LogP contribution in [0.5, 0.6) is 0 Å². The number of aryl methyl sites for hydroxylation is 2. The molecule has 2 aromatic heterocycles. The number of ketones is 1. The van der Waals surface area contributed by atoms with Gasteiger partial charge in [-0.2, -0.15) is 11.3 Å². The van der Waals surface area contributed by atoms with Crippen LogP contribution >= 0.6 is 38.6 Å². The van der Waals surface area contributed by atoms with Gasteiger partial charge in [0.2, 0.25) is 5.78 Å². The van der Waals surface area contributed by atoms with Crippen molar-refractivity contribution in [2.45, 2.75) is 32.1 Å². The molecule has 0 atom stereocenters. The lowest BCUT2D eigenvalue weighted by atomic mass is 10.1. The van der Waals surface area contributed by atoms with Crippen molar-refractivity contribution in [3.8, 4) is 0 Å². The third kappa shape index (κ3) is 2.33. The molecule has 94 valence electrons. The molecule has 0 aliphatic heterocycles. The van der Waals surface area contributed by atoms with Gasteiger partial charge in [-0.3, -0.25) is 4.79 Å². The highest BCUT2D eigenvalue weighted by Gasteiger charge is 2.19. The summed E-state index contributed by atoms with van der Waals surface area (Å²) >= 11 is 6.70. The molecule has 2 heterocycles. The first-order valence-electron chi connectivity index (χ1n) is 6.13. The molecular formula is C14H13BrOS2. The topological polar surface area (TPSA) is 17.1 Å². The van der Waals surface area contributed by atoms with Crippen molar-refractivity contribution in [1.82, 2.24) is 0 Å². The Labute approximate surface area is 123 Å². The summed E-state index contributed by atoms with van der Waals surface area (Å²) in [6.45, 7) is 0. The fourth-order valence-electron chi connectivity index (χ4n) is 2.36. The lowest BCUT2D eigenvalue weighted by Gasteiger charge is -1.95. The molecule has 0 fully saturated rings. The van der Waals surface area contributed by atoms with Crippen LogP contribution in [-0.4, -0.2) is 5.78 Å². The van der Waals surface area contributed by atoms with Gasteiger partial charge in [0.05, 0.1) is 4.88 Å². The number of halogens is 1. The summed E-state index contributed by atoms with van der Waals surface area (Å²) in [5, 5.41) is 3.89. The molecule has 2 aromatic rings. The first kappa shape index (κ1) is 12.6. The minimum Gasteiger partial charge on any atom is -0.288 e. The molecule has 0 spiro atoms. The second-order valence-electron chi connectivity index (χ2n) is 4.58. The van der Waals surface area contributed by atoms with Crippen molar-refractivity contribution in [3.05, 3.63) is 42.2 Å². The Hall–Kier alpha value is -0.450. The molecule has 4 heteroatoms. The monoisotopic (exact) mass is 340 g/mol. The molecule has 1 nitrogen and oxygen atoms in total. The van der Waals surface area contributed by atoms with Crippen LogP contribution in [0.3, 0.4) is 0 Å². The van der Waals surface area contributed by atoms with Crippen molar-refractivity contribution >= 4 is 44.4 Å². The Kier molecular flexibility index (Phi) is 3.68. The van der Waals surface area contributed by atoms with E-state index in [9.17, 15) is 4.79 Å². The number of hydrogen-bond acceptors (Lipinski definition) is 3. The summed E-state index contributed by atoms with van der Waals surface area (Å²) in [7, 11) is 0. The van der Waals surface area contributed by atoms with Crippen LogP contribution in [0.15, 0.2) is 21.3 Å². The normalized spacial score (nSPS) is 15.2. The number of rotatable bonds is 2. The highest BCUT2D eigenvalue weighted by Crippen LogP contribution is 2.32. The third-order valence-corrected chi connectivity index (χ3v) is 6.27. The van der Waals surface area contributed by atoms with Gasteiger partial charge in [0.25, 0.3) is 0 Å². The first-order valence-corrected chi connectivity index (χ1v) is 8.69. The number of fused-ring (bicyclic) bond motifs is 1. The van der Waals surface area contributed by atoms with Crippen LogP contribution in [0.4, 0.5) is 0 Å². The Morgan fingerprint density at radius 2 is 2.00 bits per heavy atom. The lowest BCUT2D eigenvalue weighted by molar-refractivity contribution is 0.104. The van der Waals surface area contributed by atoms with Crippen molar-refractivity contribution in [3.63, 3.8) is 0 Å². The van der Waals surface area contributed by atoms with E-state index >= 15 is 0 Å². The fraction of sp³-hybridized carbons (Fsp3) is 0.357. The molecule has 0 aromatic carbocycles. The van der Waals surface area contributed by atoms with Crippen molar-refractivity contribution in [2.75, 3.05) is 0 Å². The maximum Gasteiger partial charge on any atom is 0.204 e. The predicted octanol–water partition coefficient (Wildman–Crippen LogP) is 5.07. The van der Waals surface area contributed by atoms with Gasteiger partial charge >= 0.3 is 0 Å². The van der Waals surface area contributed by atoms with Crippen molar-refractivity contribution in [1.29, 1.82) is 0 Å². The summed E-state index contributed by atoms with van der Waals surface area (Å²) in [5.41, 5.74) is 2.21. The van der Waals surface area contributed by atoms with Gasteiger partial charge in [0.15, 0.2) is 0 Å². The number of thiophene rings is 2. The molecule has 0 saturated carbocycles. The van der Waals surface area contributed by atoms with Crippen LogP contribution in [0, 0.1) is 0 Å². The number of carbonyl (C=O) groups excluding carboxylic acids is 1. The van der Waals surface area contributed by atoms with Gasteiger partial charge < -0.3 is 0 Å². The van der Waals surface area contributed by atoms with E-state index in [0.29, 0.717) is 0 Å². The molecule has 0 amide bonds. The molecule has 0 bridgehead atoms. The van der Waals surface area contributed by atoms with E-state index in [1.54, 1.807) is 22.7 Å². The standard InChI is InChI=1S/C14H13BrOS2/c15-11-8-17-7-10(11)14(16)13-6-9-4-2-1-3-5-12(9)18-13/h6-8H,1-5H2. The Morgan fingerprint density at radius 3 is 2.78 bits per heavy atom. The molecule has 0 unspecified atom stereocenters. The Morgan fingerprint density at radius 1 is 1.17 bits per heavy atom. The van der Waals surface area contributed by atoms with Gasteiger partial charge in [0.1, 0.15) is 0 Å². The molecule has 0 saturated heterocycles. The average molecular weight is 341 g/mol. The van der Waals surface area contributed by atoms with Crippen LogP contribution in [0.25, 0.3) is 0 Å². The SMILES string of the molecule is O=C(c1cc2c(s1)CCCCC2)c1cscc1Br. The second-order valence-corrected chi connectivity index (χ2v) is 7.32. The fourth-order valence-corrected chi connectivity index (χ4v) is 5.02. The van der Waals surface area contributed by atoms with Gasteiger partial charge in [-0.1, -0.05) is 6.42 Å². The predicted molar refractivity (Wildman–Crippen MR) is 81.0 cm³/mol. The van der Waals surface area contributed by atoms with Gasteiger partial charge in [-0.15, -0.1) is 11.3 Å². The maximum absolute atomic E-state index is 12.4. The van der Waals surface area contributed by atoms with Crippen LogP contribution in [-0.2, 0) is 12.8 Å². The summed E-state index contributed by atoms with van der Waals surface area (Å²) in [6, 6.07) is 2.12. The van der Waals surface area contributed by atoms with Gasteiger partial charge in [0, 0.05) is 25.7 Å². The minimum atomic E-state index is 0.168.